The lowest BCUT2D eigenvalue weighted by Gasteiger charge is -2.06. The van der Waals surface area contributed by atoms with Crippen LogP contribution in [-0.2, 0) is 10.0 Å². The maximum Gasteiger partial charge on any atom is 0.208 e. The van der Waals surface area contributed by atoms with Gasteiger partial charge < -0.3 is 0 Å². The summed E-state index contributed by atoms with van der Waals surface area (Å²) in [6, 6.07) is 10.0. The van der Waals surface area contributed by atoms with Crippen molar-refractivity contribution in [2.24, 2.45) is 0 Å². The number of aromatic nitrogens is 1. The Morgan fingerprint density at radius 2 is 2.05 bits per heavy atom. The molecule has 0 atom stereocenters. The summed E-state index contributed by atoms with van der Waals surface area (Å²) in [7, 11) is -3.11. The van der Waals surface area contributed by atoms with Crippen LogP contribution in [-0.4, -0.2) is 32.0 Å². The van der Waals surface area contributed by atoms with Crippen LogP contribution in [0.4, 0.5) is 0 Å². The van der Waals surface area contributed by atoms with Crippen molar-refractivity contribution in [1.29, 1.82) is 0 Å². The highest BCUT2D eigenvalue weighted by atomic mass is 32.2. The summed E-state index contributed by atoms with van der Waals surface area (Å²) in [5.41, 5.74) is 2.16. The number of para-hydroxylation sites is 1. The first-order valence-corrected chi connectivity index (χ1v) is 8.77. The quantitative estimate of drug-likeness (QED) is 0.679. The average Bonchev–Trinajstić information content (AvgIpc) is 2.34. The summed E-state index contributed by atoms with van der Waals surface area (Å²) in [4.78, 5) is 4.56. The molecule has 0 radical (unpaired) electrons. The molecule has 19 heavy (non-hydrogen) atoms. The van der Waals surface area contributed by atoms with Crippen molar-refractivity contribution in [3.8, 4) is 0 Å². The molecule has 0 fully saturated rings. The minimum Gasteiger partial charge on any atom is -0.241 e. The molecule has 0 saturated carbocycles. The Kier molecular flexibility index (Phi) is 4.44. The molecule has 4 nitrogen and oxygen atoms in total. The highest BCUT2D eigenvalue weighted by Gasteiger charge is 2.04. The number of hydrogen-bond donors (Lipinski definition) is 1. The Balaban J connectivity index is 2.05. The predicted molar refractivity (Wildman–Crippen MR) is 80.1 cm³/mol. The number of nitrogens with zero attached hydrogens (tertiary/aromatic N) is 1. The maximum absolute atomic E-state index is 10.9. The number of rotatable bonds is 5. The lowest BCUT2D eigenvalue weighted by atomic mass is 10.1. The van der Waals surface area contributed by atoms with Crippen molar-refractivity contribution in [3.63, 3.8) is 0 Å². The lowest BCUT2D eigenvalue weighted by Crippen LogP contribution is -2.24. The molecule has 1 aromatic carbocycles. The molecule has 0 spiro atoms. The zero-order chi connectivity index (χ0) is 13.9. The Labute approximate surface area is 117 Å². The monoisotopic (exact) mass is 296 g/mol. The average molecular weight is 296 g/mol. The van der Waals surface area contributed by atoms with Crippen LogP contribution in [0.15, 0.2) is 35.4 Å². The van der Waals surface area contributed by atoms with E-state index >= 15 is 0 Å². The van der Waals surface area contributed by atoms with Crippen LogP contribution in [0, 0.1) is 6.92 Å². The van der Waals surface area contributed by atoms with Crippen LogP contribution in [0.3, 0.4) is 0 Å². The van der Waals surface area contributed by atoms with E-state index in [0.29, 0.717) is 12.3 Å². The number of fused-ring (bicyclic) bond motifs is 1. The number of thioether (sulfide) groups is 1. The minimum absolute atomic E-state index is 0.414. The number of hydrogen-bond acceptors (Lipinski definition) is 4. The van der Waals surface area contributed by atoms with Gasteiger partial charge in [0.2, 0.25) is 10.0 Å². The third-order valence-corrected chi connectivity index (χ3v) is 4.26. The van der Waals surface area contributed by atoms with E-state index in [1.165, 1.54) is 5.56 Å². The van der Waals surface area contributed by atoms with Gasteiger partial charge in [0.15, 0.2) is 0 Å². The van der Waals surface area contributed by atoms with E-state index in [9.17, 15) is 8.42 Å². The molecule has 0 bridgehead atoms. The zero-order valence-corrected chi connectivity index (χ0v) is 12.5. The second-order valence-electron chi connectivity index (χ2n) is 4.31. The van der Waals surface area contributed by atoms with Crippen molar-refractivity contribution < 1.29 is 8.42 Å². The van der Waals surface area contributed by atoms with Crippen molar-refractivity contribution in [2.75, 3.05) is 18.6 Å². The molecule has 6 heteroatoms. The van der Waals surface area contributed by atoms with Gasteiger partial charge in [-0.25, -0.2) is 18.1 Å². The van der Waals surface area contributed by atoms with Gasteiger partial charge in [-0.05, 0) is 24.6 Å². The molecule has 1 aromatic heterocycles. The summed E-state index contributed by atoms with van der Waals surface area (Å²) >= 11 is 1.55. The molecule has 1 heterocycles. The molecule has 0 aliphatic carbocycles. The van der Waals surface area contributed by atoms with Crippen molar-refractivity contribution in [3.05, 3.63) is 35.9 Å². The van der Waals surface area contributed by atoms with Gasteiger partial charge in [0.25, 0.3) is 0 Å². The predicted octanol–water partition coefficient (Wildman–Crippen LogP) is 2.18. The van der Waals surface area contributed by atoms with Gasteiger partial charge in [-0.15, -0.1) is 11.8 Å². The molecule has 2 aromatic rings. The van der Waals surface area contributed by atoms with Crippen molar-refractivity contribution >= 4 is 32.7 Å². The maximum atomic E-state index is 10.9. The minimum atomic E-state index is -3.11. The number of nitrogens with one attached hydrogen (secondary N) is 1. The van der Waals surface area contributed by atoms with Crippen LogP contribution >= 0.6 is 11.8 Å². The van der Waals surface area contributed by atoms with E-state index in [4.69, 9.17) is 0 Å². The highest BCUT2D eigenvalue weighted by molar-refractivity contribution is 7.99. The highest BCUT2D eigenvalue weighted by Crippen LogP contribution is 2.23. The Bertz CT molecular complexity index is 684. The Morgan fingerprint density at radius 1 is 1.32 bits per heavy atom. The molecule has 102 valence electrons. The summed E-state index contributed by atoms with van der Waals surface area (Å²) in [5.74, 6) is 0.665. The van der Waals surface area contributed by atoms with Gasteiger partial charge in [0.1, 0.15) is 0 Å². The Hall–Kier alpha value is -1.11. The fraction of sp³-hybridized carbons (Fsp3) is 0.308. The van der Waals surface area contributed by atoms with E-state index < -0.39 is 10.0 Å². The molecule has 0 aliphatic heterocycles. The van der Waals surface area contributed by atoms with E-state index in [2.05, 4.69) is 22.7 Å². The van der Waals surface area contributed by atoms with E-state index in [1.807, 2.05) is 24.3 Å². The van der Waals surface area contributed by atoms with Crippen molar-refractivity contribution in [1.82, 2.24) is 9.71 Å². The zero-order valence-electron chi connectivity index (χ0n) is 10.9. The third-order valence-electron chi connectivity index (χ3n) is 2.62. The number of pyridine rings is 1. The van der Waals surface area contributed by atoms with Crippen molar-refractivity contribution in [2.45, 2.75) is 11.9 Å². The summed E-state index contributed by atoms with van der Waals surface area (Å²) in [6.45, 7) is 2.47. The molecule has 1 N–H and O–H groups in total. The largest absolute Gasteiger partial charge is 0.241 e. The summed E-state index contributed by atoms with van der Waals surface area (Å²) in [6.07, 6.45) is 1.16. The summed E-state index contributed by atoms with van der Waals surface area (Å²) in [5, 5.41) is 2.08. The van der Waals surface area contributed by atoms with Crippen LogP contribution in [0.1, 0.15) is 5.56 Å². The molecule has 2 rings (SSSR count). The first-order valence-electron chi connectivity index (χ1n) is 5.89. The second-order valence-corrected chi connectivity index (χ2v) is 7.26. The number of sulfonamides is 1. The van der Waals surface area contributed by atoms with Crippen LogP contribution in [0.2, 0.25) is 0 Å². The topological polar surface area (TPSA) is 59.1 Å². The first-order chi connectivity index (χ1) is 8.96. The van der Waals surface area contributed by atoms with Gasteiger partial charge in [0.05, 0.1) is 16.8 Å². The van der Waals surface area contributed by atoms with Gasteiger partial charge in [0, 0.05) is 17.7 Å². The first kappa shape index (κ1) is 14.3. The fourth-order valence-corrected chi connectivity index (χ4v) is 3.21. The lowest BCUT2D eigenvalue weighted by molar-refractivity contribution is 0.590. The SMILES string of the molecule is Cc1cc(SCCNS(C)(=O)=O)nc2ccccc12. The third kappa shape index (κ3) is 4.19. The normalized spacial score (nSPS) is 11.9. The number of aryl methyl sites for hydroxylation is 1. The Morgan fingerprint density at radius 3 is 2.79 bits per heavy atom. The smallest absolute Gasteiger partial charge is 0.208 e. The standard InChI is InChI=1S/C13H16N2O2S2/c1-10-9-13(18-8-7-14-19(2,16)17)15-12-6-4-3-5-11(10)12/h3-6,9,14H,7-8H2,1-2H3. The number of benzene rings is 1. The van der Waals surface area contributed by atoms with Gasteiger partial charge >= 0.3 is 0 Å². The molecule has 0 aliphatic rings. The molecule has 0 unspecified atom stereocenters. The van der Waals surface area contributed by atoms with Crippen LogP contribution in [0.25, 0.3) is 10.9 Å². The molecule has 0 saturated heterocycles. The van der Waals surface area contributed by atoms with Crippen LogP contribution < -0.4 is 4.72 Å². The van der Waals surface area contributed by atoms with Gasteiger partial charge in [-0.2, -0.15) is 0 Å². The van der Waals surface area contributed by atoms with E-state index in [1.54, 1.807) is 11.8 Å². The molecular formula is C13H16N2O2S2. The second kappa shape index (κ2) is 5.90. The molecular weight excluding hydrogens is 280 g/mol. The van der Waals surface area contributed by atoms with Gasteiger partial charge in [-0.1, -0.05) is 18.2 Å². The van der Waals surface area contributed by atoms with Crippen LogP contribution in [0.5, 0.6) is 0 Å². The van der Waals surface area contributed by atoms with E-state index in [0.717, 1.165) is 22.2 Å². The van der Waals surface area contributed by atoms with E-state index in [-0.39, 0.29) is 0 Å². The summed E-state index contributed by atoms with van der Waals surface area (Å²) < 4.78 is 24.3. The van der Waals surface area contributed by atoms with Gasteiger partial charge in [-0.3, -0.25) is 0 Å². The molecule has 0 amide bonds. The fourth-order valence-electron chi connectivity index (χ4n) is 1.78.